The molecule has 1 aromatic heterocycles. The first-order chi connectivity index (χ1) is 11.4. The fourth-order valence-electron chi connectivity index (χ4n) is 2.50. The smallest absolute Gasteiger partial charge is 0.246 e. The Bertz CT molecular complexity index is 623. The fraction of sp³-hybridized carbons (Fsp3) is 0.438. The molecule has 2 heterocycles. The number of nitrogens with zero attached hydrogens (tertiary/aromatic N) is 3. The van der Waals surface area contributed by atoms with Gasteiger partial charge in [-0.05, 0) is 24.8 Å². The zero-order chi connectivity index (χ0) is 17.5. The molecular formula is C16H21FN4O3. The molecule has 2 N–H and O–H groups in total. The molecule has 0 aromatic carbocycles. The third-order valence-corrected chi connectivity index (χ3v) is 3.54. The maximum atomic E-state index is 13.1. The highest BCUT2D eigenvalue weighted by Gasteiger charge is 2.24. The van der Waals surface area contributed by atoms with E-state index in [9.17, 15) is 14.0 Å². The fourth-order valence-corrected chi connectivity index (χ4v) is 2.50. The summed E-state index contributed by atoms with van der Waals surface area (Å²) in [4.78, 5) is 30.3. The summed E-state index contributed by atoms with van der Waals surface area (Å²) in [5.41, 5.74) is 5.68. The van der Waals surface area contributed by atoms with Crippen LogP contribution in [0.25, 0.3) is 6.08 Å². The van der Waals surface area contributed by atoms with Crippen LogP contribution < -0.4 is 5.73 Å². The Morgan fingerprint density at radius 3 is 3.04 bits per heavy atom. The van der Waals surface area contributed by atoms with Gasteiger partial charge in [-0.2, -0.15) is 0 Å². The molecule has 0 saturated carbocycles. The van der Waals surface area contributed by atoms with Crippen molar-refractivity contribution in [1.82, 2.24) is 14.8 Å². The Balaban J connectivity index is 1.89. The van der Waals surface area contributed by atoms with Gasteiger partial charge in [0.1, 0.15) is 5.82 Å². The number of likely N-dealkylation sites (N-methyl/N-ethyl adjacent to an activating group) is 1. The maximum absolute atomic E-state index is 13.1. The number of nitrogens with two attached hydrogens (primary N) is 1. The van der Waals surface area contributed by atoms with Crippen molar-refractivity contribution < 1.29 is 18.7 Å². The van der Waals surface area contributed by atoms with Crippen LogP contribution in [0.1, 0.15) is 5.56 Å². The summed E-state index contributed by atoms with van der Waals surface area (Å²) in [6.45, 7) is 1.98. The number of carbonyl (C=O) groups excluding carboxylic acids is 2. The summed E-state index contributed by atoms with van der Waals surface area (Å²) in [6.07, 6.45) is 5.33. The minimum Gasteiger partial charge on any atom is -0.373 e. The molecule has 7 nitrogen and oxygen atoms in total. The number of ether oxygens (including phenoxy) is 1. The normalized spacial score (nSPS) is 18.3. The zero-order valence-corrected chi connectivity index (χ0v) is 13.5. The van der Waals surface area contributed by atoms with E-state index in [0.29, 0.717) is 31.8 Å². The van der Waals surface area contributed by atoms with Crippen LogP contribution in [0.3, 0.4) is 0 Å². The van der Waals surface area contributed by atoms with Gasteiger partial charge in [-0.25, -0.2) is 4.39 Å². The van der Waals surface area contributed by atoms with Crippen molar-refractivity contribution in [2.45, 2.75) is 6.10 Å². The van der Waals surface area contributed by atoms with Crippen molar-refractivity contribution in [1.29, 1.82) is 0 Å². The van der Waals surface area contributed by atoms with Gasteiger partial charge in [0.25, 0.3) is 0 Å². The van der Waals surface area contributed by atoms with Crippen molar-refractivity contribution in [2.24, 2.45) is 5.73 Å². The first-order valence-electron chi connectivity index (χ1n) is 7.60. The number of carbonyl (C=O) groups is 2. The van der Waals surface area contributed by atoms with Crippen LogP contribution >= 0.6 is 0 Å². The Morgan fingerprint density at radius 2 is 2.33 bits per heavy atom. The van der Waals surface area contributed by atoms with Gasteiger partial charge in [0.05, 0.1) is 25.5 Å². The van der Waals surface area contributed by atoms with Crippen LogP contribution in [0.4, 0.5) is 4.39 Å². The van der Waals surface area contributed by atoms with E-state index < -0.39 is 11.7 Å². The number of aromatic nitrogens is 1. The van der Waals surface area contributed by atoms with E-state index in [1.54, 1.807) is 16.8 Å². The third-order valence-electron chi connectivity index (χ3n) is 3.54. The second-order valence-electron chi connectivity index (χ2n) is 5.71. The first-order valence-corrected chi connectivity index (χ1v) is 7.60. The van der Waals surface area contributed by atoms with E-state index in [-0.39, 0.29) is 18.6 Å². The number of pyridine rings is 1. The van der Waals surface area contributed by atoms with E-state index in [2.05, 4.69) is 4.98 Å². The summed E-state index contributed by atoms with van der Waals surface area (Å²) in [7, 11) is 1.77. The van der Waals surface area contributed by atoms with Crippen molar-refractivity contribution in [3.63, 3.8) is 0 Å². The topological polar surface area (TPSA) is 88.8 Å². The predicted octanol–water partition coefficient (Wildman–Crippen LogP) is -0.122. The molecule has 8 heteroatoms. The number of amides is 2. The zero-order valence-electron chi connectivity index (χ0n) is 13.5. The molecule has 0 aliphatic carbocycles. The number of rotatable bonds is 6. The SMILES string of the molecule is CN(CC(N)=O)CC1CN(C(=O)/C=C/c2cncc(F)c2)CCO1. The monoisotopic (exact) mass is 336 g/mol. The van der Waals surface area contributed by atoms with Crippen LogP contribution in [0, 0.1) is 5.82 Å². The predicted molar refractivity (Wildman–Crippen MR) is 86.2 cm³/mol. The molecule has 2 amide bonds. The summed E-state index contributed by atoms with van der Waals surface area (Å²) in [5.74, 6) is -1.04. The van der Waals surface area contributed by atoms with Gasteiger partial charge in [-0.3, -0.25) is 19.5 Å². The first kappa shape index (κ1) is 18.0. The Morgan fingerprint density at radius 1 is 1.54 bits per heavy atom. The summed E-state index contributed by atoms with van der Waals surface area (Å²) < 4.78 is 18.7. The Labute approximate surface area is 139 Å². The van der Waals surface area contributed by atoms with Gasteiger partial charge in [-0.15, -0.1) is 0 Å². The van der Waals surface area contributed by atoms with E-state index in [0.717, 1.165) is 6.20 Å². The van der Waals surface area contributed by atoms with Crippen molar-refractivity contribution in [2.75, 3.05) is 39.8 Å². The van der Waals surface area contributed by atoms with Crippen molar-refractivity contribution in [3.05, 3.63) is 35.9 Å². The number of hydrogen-bond donors (Lipinski definition) is 1. The summed E-state index contributed by atoms with van der Waals surface area (Å²) in [6, 6.07) is 1.30. The molecule has 24 heavy (non-hydrogen) atoms. The second-order valence-corrected chi connectivity index (χ2v) is 5.71. The number of primary amides is 1. The lowest BCUT2D eigenvalue weighted by atomic mass is 10.2. The lowest BCUT2D eigenvalue weighted by Crippen LogP contribution is -2.49. The van der Waals surface area contributed by atoms with E-state index in [1.807, 2.05) is 0 Å². The van der Waals surface area contributed by atoms with Gasteiger partial charge in [0.15, 0.2) is 0 Å². The molecule has 1 aromatic rings. The maximum Gasteiger partial charge on any atom is 0.246 e. The Hall–Kier alpha value is -2.32. The summed E-state index contributed by atoms with van der Waals surface area (Å²) in [5, 5.41) is 0. The van der Waals surface area contributed by atoms with E-state index in [4.69, 9.17) is 10.5 Å². The minimum atomic E-state index is -0.450. The quantitative estimate of drug-likeness (QED) is 0.732. The molecular weight excluding hydrogens is 315 g/mol. The molecule has 0 bridgehead atoms. The van der Waals surface area contributed by atoms with Crippen molar-refractivity contribution in [3.8, 4) is 0 Å². The van der Waals surface area contributed by atoms with E-state index >= 15 is 0 Å². The molecule has 1 atom stereocenters. The Kier molecular flexibility index (Phi) is 6.39. The average Bonchev–Trinajstić information content (AvgIpc) is 2.52. The molecule has 1 aliphatic heterocycles. The molecule has 130 valence electrons. The average molecular weight is 336 g/mol. The molecule has 1 saturated heterocycles. The van der Waals surface area contributed by atoms with E-state index in [1.165, 1.54) is 24.4 Å². The van der Waals surface area contributed by atoms with Crippen LogP contribution in [-0.4, -0.2) is 72.5 Å². The number of hydrogen-bond acceptors (Lipinski definition) is 5. The van der Waals surface area contributed by atoms with Crippen molar-refractivity contribution >= 4 is 17.9 Å². The van der Waals surface area contributed by atoms with Crippen LogP contribution in [-0.2, 0) is 14.3 Å². The second kappa shape index (κ2) is 8.51. The van der Waals surface area contributed by atoms with Gasteiger partial charge >= 0.3 is 0 Å². The van der Waals surface area contributed by atoms with Crippen LogP contribution in [0.15, 0.2) is 24.5 Å². The molecule has 2 rings (SSSR count). The van der Waals surface area contributed by atoms with Gasteiger partial charge in [-0.1, -0.05) is 0 Å². The number of halogens is 1. The highest BCUT2D eigenvalue weighted by Crippen LogP contribution is 2.09. The van der Waals surface area contributed by atoms with Gasteiger partial charge < -0.3 is 15.4 Å². The third kappa shape index (κ3) is 5.71. The highest BCUT2D eigenvalue weighted by atomic mass is 19.1. The molecule has 1 unspecified atom stereocenters. The molecule has 1 aliphatic rings. The molecule has 0 radical (unpaired) electrons. The number of morpholine rings is 1. The molecule has 0 spiro atoms. The molecule has 1 fully saturated rings. The lowest BCUT2D eigenvalue weighted by molar-refractivity contribution is -0.134. The van der Waals surface area contributed by atoms with Crippen LogP contribution in [0.5, 0.6) is 0 Å². The summed E-state index contributed by atoms with van der Waals surface area (Å²) >= 11 is 0. The largest absolute Gasteiger partial charge is 0.373 e. The van der Waals surface area contributed by atoms with Gasteiger partial charge in [0, 0.05) is 31.9 Å². The lowest BCUT2D eigenvalue weighted by Gasteiger charge is -2.34. The van der Waals surface area contributed by atoms with Crippen LogP contribution in [0.2, 0.25) is 0 Å². The highest BCUT2D eigenvalue weighted by molar-refractivity contribution is 5.91. The minimum absolute atomic E-state index is 0.139. The van der Waals surface area contributed by atoms with Gasteiger partial charge in [0.2, 0.25) is 11.8 Å². The standard InChI is InChI=1S/C16H21FN4O3/c1-20(11-15(18)22)9-14-10-21(4-5-24-14)16(23)3-2-12-6-13(17)8-19-7-12/h2-3,6-8,14H,4-5,9-11H2,1H3,(H2,18,22)/b3-2+.